The average molecular weight is 390 g/mol. The highest BCUT2D eigenvalue weighted by atomic mass is 16.5. The molecule has 146 valence electrons. The predicted octanol–water partition coefficient (Wildman–Crippen LogP) is 5.38. The van der Waals surface area contributed by atoms with Crippen LogP contribution in [0.1, 0.15) is 21.1 Å². The first-order valence-electron chi connectivity index (χ1n) is 8.70. The number of hydrogen-bond donors (Lipinski definition) is 1. The van der Waals surface area contributed by atoms with Gasteiger partial charge in [0.15, 0.2) is 0 Å². The molecule has 0 aliphatic rings. The Labute approximate surface area is 167 Å². The number of methoxy groups -OCH3 is 1. The summed E-state index contributed by atoms with van der Waals surface area (Å²) in [6.07, 6.45) is 0. The third-order valence-corrected chi connectivity index (χ3v) is 3.93. The van der Waals surface area contributed by atoms with Gasteiger partial charge in [-0.2, -0.15) is 0 Å². The second-order valence-electron chi connectivity index (χ2n) is 5.86. The highest BCUT2D eigenvalue weighted by molar-refractivity contribution is 5.87. The summed E-state index contributed by atoms with van der Waals surface area (Å²) in [6.45, 7) is 0. The topological polar surface area (TPSA) is 89.9 Å². The Balaban J connectivity index is 0.000000166. The molecule has 0 saturated carbocycles. The van der Waals surface area contributed by atoms with Crippen molar-refractivity contribution in [3.63, 3.8) is 0 Å². The quantitative estimate of drug-likeness (QED) is 0.471. The van der Waals surface area contributed by atoms with Gasteiger partial charge in [0.2, 0.25) is 11.5 Å². The zero-order valence-electron chi connectivity index (χ0n) is 15.6. The van der Waals surface area contributed by atoms with E-state index in [4.69, 9.17) is 13.9 Å². The molecule has 0 amide bonds. The van der Waals surface area contributed by atoms with Crippen molar-refractivity contribution in [2.24, 2.45) is 0 Å². The summed E-state index contributed by atoms with van der Waals surface area (Å²) in [6, 6.07) is 25.4. The fraction of sp³-hybridized carbons (Fsp3) is 0.0435. The van der Waals surface area contributed by atoms with Crippen LogP contribution in [0.15, 0.2) is 93.8 Å². The lowest BCUT2D eigenvalue weighted by molar-refractivity contribution is 0.0565. The van der Waals surface area contributed by atoms with E-state index in [9.17, 15) is 9.59 Å². The summed E-state index contributed by atoms with van der Waals surface area (Å²) in [4.78, 5) is 21.7. The molecule has 4 aromatic rings. The van der Waals surface area contributed by atoms with Crippen molar-refractivity contribution < 1.29 is 28.3 Å². The molecule has 0 aliphatic carbocycles. The fourth-order valence-electron chi connectivity index (χ4n) is 2.52. The zero-order chi connectivity index (χ0) is 20.6. The van der Waals surface area contributed by atoms with E-state index in [1.165, 1.54) is 13.2 Å². The SMILES string of the molecule is COC(=O)c1ccc(-c2ccccc2)o1.O=C(O)c1ccc(-c2ccccc2)o1. The highest BCUT2D eigenvalue weighted by Crippen LogP contribution is 2.22. The largest absolute Gasteiger partial charge is 0.475 e. The molecule has 6 nitrogen and oxygen atoms in total. The Bertz CT molecular complexity index is 1080. The summed E-state index contributed by atoms with van der Waals surface area (Å²) >= 11 is 0. The average Bonchev–Trinajstić information content (AvgIpc) is 3.45. The number of benzene rings is 2. The standard InChI is InChI=1S/C12H10O3.C11H8O3/c1-14-12(13)11-8-7-10(15-11)9-5-3-2-4-6-9;12-11(13)10-7-6-9(14-10)8-4-2-1-3-5-8/h2-8H,1H3;1-7H,(H,12,13). The monoisotopic (exact) mass is 390 g/mol. The molecule has 0 atom stereocenters. The predicted molar refractivity (Wildman–Crippen MR) is 107 cm³/mol. The third-order valence-electron chi connectivity index (χ3n) is 3.93. The Morgan fingerprint density at radius 3 is 1.55 bits per heavy atom. The first-order valence-corrected chi connectivity index (χ1v) is 8.70. The van der Waals surface area contributed by atoms with Crippen LogP contribution in [-0.2, 0) is 4.74 Å². The molecule has 6 heteroatoms. The van der Waals surface area contributed by atoms with E-state index in [1.807, 2.05) is 60.7 Å². The summed E-state index contributed by atoms with van der Waals surface area (Å²) in [5.74, 6) is -0.0939. The van der Waals surface area contributed by atoms with Gasteiger partial charge in [0, 0.05) is 11.1 Å². The number of hydrogen-bond acceptors (Lipinski definition) is 5. The van der Waals surface area contributed by atoms with Crippen LogP contribution in [0.3, 0.4) is 0 Å². The van der Waals surface area contributed by atoms with Gasteiger partial charge in [0.25, 0.3) is 0 Å². The number of carboxylic acids is 1. The van der Waals surface area contributed by atoms with Crippen LogP contribution in [0.5, 0.6) is 0 Å². The van der Waals surface area contributed by atoms with Crippen LogP contribution < -0.4 is 0 Å². The molecule has 0 radical (unpaired) electrons. The molecule has 0 aliphatic heterocycles. The van der Waals surface area contributed by atoms with Crippen LogP contribution in [0.4, 0.5) is 0 Å². The minimum absolute atomic E-state index is 0.0381. The third kappa shape index (κ3) is 5.01. The Morgan fingerprint density at radius 1 is 0.690 bits per heavy atom. The van der Waals surface area contributed by atoms with Gasteiger partial charge < -0.3 is 18.7 Å². The van der Waals surface area contributed by atoms with Crippen molar-refractivity contribution in [2.45, 2.75) is 0 Å². The van der Waals surface area contributed by atoms with E-state index < -0.39 is 11.9 Å². The lowest BCUT2D eigenvalue weighted by Crippen LogP contribution is -1.98. The Morgan fingerprint density at radius 2 is 1.14 bits per heavy atom. The van der Waals surface area contributed by atoms with E-state index in [1.54, 1.807) is 18.2 Å². The fourth-order valence-corrected chi connectivity index (χ4v) is 2.52. The molecule has 4 rings (SSSR count). The van der Waals surface area contributed by atoms with E-state index in [0.29, 0.717) is 11.5 Å². The molecule has 1 N–H and O–H groups in total. The maximum atomic E-state index is 11.1. The minimum atomic E-state index is -1.05. The molecule has 0 fully saturated rings. The second kappa shape index (κ2) is 9.23. The number of carbonyl (C=O) groups excluding carboxylic acids is 1. The molecular formula is C23H18O6. The van der Waals surface area contributed by atoms with Crippen molar-refractivity contribution >= 4 is 11.9 Å². The lowest BCUT2D eigenvalue weighted by atomic mass is 10.2. The molecule has 0 bridgehead atoms. The van der Waals surface area contributed by atoms with Crippen molar-refractivity contribution in [2.75, 3.05) is 7.11 Å². The first kappa shape index (κ1) is 19.7. The lowest BCUT2D eigenvalue weighted by Gasteiger charge is -1.95. The minimum Gasteiger partial charge on any atom is -0.475 e. The number of carbonyl (C=O) groups is 2. The number of carboxylic acid groups (broad SMARTS) is 1. The van der Waals surface area contributed by atoms with Gasteiger partial charge in [-0.3, -0.25) is 0 Å². The molecule has 0 unspecified atom stereocenters. The molecule has 2 aromatic carbocycles. The smallest absolute Gasteiger partial charge is 0.373 e. The van der Waals surface area contributed by atoms with Crippen LogP contribution in [-0.4, -0.2) is 24.2 Å². The van der Waals surface area contributed by atoms with Crippen LogP contribution in [0, 0.1) is 0 Å². The van der Waals surface area contributed by atoms with Gasteiger partial charge in [0.05, 0.1) is 7.11 Å². The van der Waals surface area contributed by atoms with Crippen LogP contribution in [0.2, 0.25) is 0 Å². The van der Waals surface area contributed by atoms with Gasteiger partial charge in [-0.1, -0.05) is 60.7 Å². The van der Waals surface area contributed by atoms with E-state index in [-0.39, 0.29) is 11.5 Å². The molecule has 2 aromatic heterocycles. The van der Waals surface area contributed by atoms with Crippen molar-refractivity contribution in [3.05, 3.63) is 96.4 Å². The summed E-state index contributed by atoms with van der Waals surface area (Å²) in [7, 11) is 1.33. The van der Waals surface area contributed by atoms with E-state index >= 15 is 0 Å². The van der Waals surface area contributed by atoms with E-state index in [0.717, 1.165) is 11.1 Å². The number of rotatable bonds is 4. The van der Waals surface area contributed by atoms with Crippen LogP contribution >= 0.6 is 0 Å². The highest BCUT2D eigenvalue weighted by Gasteiger charge is 2.11. The molecule has 0 saturated heterocycles. The maximum Gasteiger partial charge on any atom is 0.373 e. The number of esters is 1. The summed E-state index contributed by atoms with van der Waals surface area (Å²) in [5.41, 5.74) is 1.81. The van der Waals surface area contributed by atoms with Crippen LogP contribution in [0.25, 0.3) is 22.6 Å². The van der Waals surface area contributed by atoms with Gasteiger partial charge in [-0.05, 0) is 24.3 Å². The van der Waals surface area contributed by atoms with Gasteiger partial charge >= 0.3 is 11.9 Å². The number of ether oxygens (including phenoxy) is 1. The summed E-state index contributed by atoms with van der Waals surface area (Å²) in [5, 5.41) is 8.65. The van der Waals surface area contributed by atoms with Crippen molar-refractivity contribution in [3.8, 4) is 22.6 Å². The zero-order valence-corrected chi connectivity index (χ0v) is 15.6. The Hall–Kier alpha value is -4.06. The molecule has 29 heavy (non-hydrogen) atoms. The van der Waals surface area contributed by atoms with Gasteiger partial charge in [-0.25, -0.2) is 9.59 Å². The molecule has 2 heterocycles. The normalized spacial score (nSPS) is 9.97. The molecular weight excluding hydrogens is 372 g/mol. The van der Waals surface area contributed by atoms with Crippen molar-refractivity contribution in [1.29, 1.82) is 0 Å². The number of furan rings is 2. The maximum absolute atomic E-state index is 11.1. The summed E-state index contributed by atoms with van der Waals surface area (Å²) < 4.78 is 15.0. The first-order chi connectivity index (χ1) is 14.1. The van der Waals surface area contributed by atoms with Gasteiger partial charge in [0.1, 0.15) is 11.5 Å². The number of aromatic carboxylic acids is 1. The second-order valence-corrected chi connectivity index (χ2v) is 5.86. The van der Waals surface area contributed by atoms with Crippen molar-refractivity contribution in [1.82, 2.24) is 0 Å². The molecule has 0 spiro atoms. The van der Waals surface area contributed by atoms with E-state index in [2.05, 4.69) is 4.74 Å². The van der Waals surface area contributed by atoms with Gasteiger partial charge in [-0.15, -0.1) is 0 Å². The Kier molecular flexibility index (Phi) is 6.27.